The number of aliphatic hydroxyl groups is 2. The van der Waals surface area contributed by atoms with Crippen molar-refractivity contribution in [3.63, 3.8) is 0 Å². The SMILES string of the molecule is OC[C@@H](c1ccccc1)N1CCCC[C@]12CCCCC2O. The molecule has 1 unspecified atom stereocenters. The molecular weight excluding hydrogens is 262 g/mol. The van der Waals surface area contributed by atoms with Crippen molar-refractivity contribution in [2.75, 3.05) is 13.2 Å². The van der Waals surface area contributed by atoms with Gasteiger partial charge in [-0.25, -0.2) is 0 Å². The first-order chi connectivity index (χ1) is 10.3. The van der Waals surface area contributed by atoms with Gasteiger partial charge in [-0.2, -0.15) is 0 Å². The number of likely N-dealkylation sites (tertiary alicyclic amines) is 1. The van der Waals surface area contributed by atoms with Crippen molar-refractivity contribution in [2.45, 2.75) is 62.6 Å². The molecule has 2 fully saturated rings. The van der Waals surface area contributed by atoms with E-state index in [0.717, 1.165) is 38.6 Å². The Morgan fingerprint density at radius 2 is 1.81 bits per heavy atom. The van der Waals surface area contributed by atoms with Crippen LogP contribution in [-0.2, 0) is 0 Å². The van der Waals surface area contributed by atoms with Gasteiger partial charge < -0.3 is 10.2 Å². The molecule has 1 saturated carbocycles. The van der Waals surface area contributed by atoms with E-state index in [1.54, 1.807) is 0 Å². The third-order valence-corrected chi connectivity index (χ3v) is 5.52. The average Bonchev–Trinajstić information content (AvgIpc) is 2.54. The van der Waals surface area contributed by atoms with Crippen LogP contribution in [0.15, 0.2) is 30.3 Å². The molecule has 1 spiro atoms. The summed E-state index contributed by atoms with van der Waals surface area (Å²) in [6.07, 6.45) is 7.48. The molecule has 116 valence electrons. The lowest BCUT2D eigenvalue weighted by Gasteiger charge is -2.55. The zero-order chi connectivity index (χ0) is 14.7. The van der Waals surface area contributed by atoms with Crippen molar-refractivity contribution in [3.05, 3.63) is 35.9 Å². The van der Waals surface area contributed by atoms with Crippen molar-refractivity contribution in [3.8, 4) is 0 Å². The summed E-state index contributed by atoms with van der Waals surface area (Å²) in [7, 11) is 0. The van der Waals surface area contributed by atoms with Gasteiger partial charge in [0.05, 0.1) is 18.8 Å². The minimum absolute atomic E-state index is 0.0132. The maximum absolute atomic E-state index is 10.7. The summed E-state index contributed by atoms with van der Waals surface area (Å²) >= 11 is 0. The van der Waals surface area contributed by atoms with Gasteiger partial charge in [-0.3, -0.25) is 4.90 Å². The summed E-state index contributed by atoms with van der Waals surface area (Å²) in [5, 5.41) is 20.7. The second kappa shape index (κ2) is 6.47. The summed E-state index contributed by atoms with van der Waals surface area (Å²) in [5.41, 5.74) is 1.05. The molecule has 1 heterocycles. The van der Waals surface area contributed by atoms with Crippen LogP contribution in [0, 0.1) is 0 Å². The molecule has 3 heteroatoms. The second-order valence-electron chi connectivity index (χ2n) is 6.62. The highest BCUT2D eigenvalue weighted by Gasteiger charge is 2.48. The Morgan fingerprint density at radius 3 is 2.48 bits per heavy atom. The van der Waals surface area contributed by atoms with E-state index in [1.165, 1.54) is 18.4 Å². The molecular formula is C18H27NO2. The van der Waals surface area contributed by atoms with E-state index in [2.05, 4.69) is 17.0 Å². The highest BCUT2D eigenvalue weighted by molar-refractivity contribution is 5.21. The number of piperidine rings is 1. The van der Waals surface area contributed by atoms with Gasteiger partial charge in [0.1, 0.15) is 0 Å². The van der Waals surface area contributed by atoms with Crippen LogP contribution < -0.4 is 0 Å². The van der Waals surface area contributed by atoms with Gasteiger partial charge in [0.25, 0.3) is 0 Å². The van der Waals surface area contributed by atoms with Crippen LogP contribution >= 0.6 is 0 Å². The van der Waals surface area contributed by atoms with Crippen LogP contribution in [0.25, 0.3) is 0 Å². The van der Waals surface area contributed by atoms with Gasteiger partial charge in [0, 0.05) is 5.54 Å². The number of hydrogen-bond acceptors (Lipinski definition) is 3. The fourth-order valence-corrected chi connectivity index (χ4v) is 4.44. The Hall–Kier alpha value is -0.900. The van der Waals surface area contributed by atoms with Gasteiger partial charge in [-0.15, -0.1) is 0 Å². The van der Waals surface area contributed by atoms with Crippen LogP contribution in [0.5, 0.6) is 0 Å². The molecule has 1 aromatic carbocycles. The maximum atomic E-state index is 10.7. The quantitative estimate of drug-likeness (QED) is 0.899. The van der Waals surface area contributed by atoms with Crippen LogP contribution in [0.2, 0.25) is 0 Å². The Balaban J connectivity index is 1.92. The van der Waals surface area contributed by atoms with Gasteiger partial charge in [-0.1, -0.05) is 49.6 Å². The number of nitrogens with zero attached hydrogens (tertiary/aromatic N) is 1. The lowest BCUT2D eigenvalue weighted by molar-refractivity contribution is -0.108. The monoisotopic (exact) mass is 289 g/mol. The van der Waals surface area contributed by atoms with Crippen LogP contribution in [0.4, 0.5) is 0 Å². The first-order valence-corrected chi connectivity index (χ1v) is 8.38. The van der Waals surface area contributed by atoms with E-state index in [-0.39, 0.29) is 24.3 Å². The zero-order valence-electron chi connectivity index (χ0n) is 12.7. The minimum Gasteiger partial charge on any atom is -0.394 e. The molecule has 0 amide bonds. The Bertz CT molecular complexity index is 444. The fourth-order valence-electron chi connectivity index (χ4n) is 4.44. The number of benzene rings is 1. The van der Waals surface area contributed by atoms with E-state index >= 15 is 0 Å². The van der Waals surface area contributed by atoms with Gasteiger partial charge in [0.2, 0.25) is 0 Å². The molecule has 1 aromatic rings. The molecule has 1 aliphatic carbocycles. The van der Waals surface area contributed by atoms with E-state index in [4.69, 9.17) is 0 Å². The van der Waals surface area contributed by atoms with Crippen LogP contribution in [0.3, 0.4) is 0 Å². The van der Waals surface area contributed by atoms with E-state index < -0.39 is 0 Å². The first kappa shape index (κ1) is 15.0. The van der Waals surface area contributed by atoms with Crippen LogP contribution in [0.1, 0.15) is 56.6 Å². The zero-order valence-corrected chi connectivity index (χ0v) is 12.7. The second-order valence-corrected chi connectivity index (χ2v) is 6.62. The molecule has 1 aliphatic heterocycles. The summed E-state index contributed by atoms with van der Waals surface area (Å²) in [4.78, 5) is 2.43. The average molecular weight is 289 g/mol. The summed E-state index contributed by atoms with van der Waals surface area (Å²) in [6.45, 7) is 1.11. The van der Waals surface area contributed by atoms with Crippen molar-refractivity contribution in [1.29, 1.82) is 0 Å². The van der Waals surface area contributed by atoms with Crippen molar-refractivity contribution < 1.29 is 10.2 Å². The molecule has 2 aliphatic rings. The lowest BCUT2D eigenvalue weighted by Crippen LogP contribution is -2.61. The standard InChI is InChI=1S/C18H27NO2/c20-14-16(15-8-2-1-3-9-15)19-13-7-6-12-18(19)11-5-4-10-17(18)21/h1-3,8-9,16-17,20-21H,4-7,10-14H2/t16-,17?,18-/m0/s1. The molecule has 1 saturated heterocycles. The first-order valence-electron chi connectivity index (χ1n) is 8.38. The lowest BCUT2D eigenvalue weighted by atomic mass is 9.71. The van der Waals surface area contributed by atoms with Crippen LogP contribution in [-0.4, -0.2) is 39.9 Å². The maximum Gasteiger partial charge on any atom is 0.0724 e. The van der Waals surface area contributed by atoms with Crippen molar-refractivity contribution in [2.24, 2.45) is 0 Å². The normalized spacial score (nSPS) is 32.2. The summed E-state index contributed by atoms with van der Waals surface area (Å²) in [5.74, 6) is 0. The predicted molar refractivity (Wildman–Crippen MR) is 84.0 cm³/mol. The number of hydrogen-bond donors (Lipinski definition) is 2. The molecule has 2 N–H and O–H groups in total. The van der Waals surface area contributed by atoms with Gasteiger partial charge in [0.15, 0.2) is 0 Å². The largest absolute Gasteiger partial charge is 0.394 e. The molecule has 3 atom stereocenters. The molecule has 21 heavy (non-hydrogen) atoms. The minimum atomic E-state index is -0.246. The third-order valence-electron chi connectivity index (χ3n) is 5.52. The van der Waals surface area contributed by atoms with Gasteiger partial charge in [-0.05, 0) is 37.8 Å². The topological polar surface area (TPSA) is 43.7 Å². The molecule has 3 nitrogen and oxygen atoms in total. The van der Waals surface area contributed by atoms with E-state index in [0.29, 0.717) is 0 Å². The molecule has 0 bridgehead atoms. The smallest absolute Gasteiger partial charge is 0.0724 e. The van der Waals surface area contributed by atoms with E-state index in [1.807, 2.05) is 18.2 Å². The Labute approximate surface area is 127 Å². The molecule has 0 radical (unpaired) electrons. The van der Waals surface area contributed by atoms with Crippen molar-refractivity contribution in [1.82, 2.24) is 4.90 Å². The Morgan fingerprint density at radius 1 is 1.10 bits per heavy atom. The van der Waals surface area contributed by atoms with Crippen molar-refractivity contribution >= 4 is 0 Å². The third kappa shape index (κ3) is 2.75. The number of rotatable bonds is 3. The number of aliphatic hydroxyl groups excluding tert-OH is 2. The highest BCUT2D eigenvalue weighted by atomic mass is 16.3. The summed E-state index contributed by atoms with van der Waals surface area (Å²) in [6, 6.07) is 10.3. The fraction of sp³-hybridized carbons (Fsp3) is 0.667. The Kier molecular flexibility index (Phi) is 4.63. The highest BCUT2D eigenvalue weighted by Crippen LogP contribution is 2.44. The summed E-state index contributed by atoms with van der Waals surface area (Å²) < 4.78 is 0. The van der Waals surface area contributed by atoms with E-state index in [9.17, 15) is 10.2 Å². The van der Waals surface area contributed by atoms with Gasteiger partial charge >= 0.3 is 0 Å². The predicted octanol–water partition coefficient (Wildman–Crippen LogP) is 2.88. The molecule has 3 rings (SSSR count). The molecule has 0 aromatic heterocycles.